The van der Waals surface area contributed by atoms with Gasteiger partial charge in [0.1, 0.15) is 0 Å². The standard InChI is InChI=1S/C16H21NO5S/c1-3-4-10-21-15(19)14(22-12(2)18)17-16(20)23-11-13-8-6-5-7-9-13/h5-9,14H,3-4,10-11H2,1-2H3,(H,17,20). The number of unbranched alkanes of at least 4 members (excludes halogenated alkanes) is 1. The topological polar surface area (TPSA) is 81.7 Å². The smallest absolute Gasteiger partial charge is 0.369 e. The predicted molar refractivity (Wildman–Crippen MR) is 87.7 cm³/mol. The van der Waals surface area contributed by atoms with Crippen LogP contribution in [0.2, 0.25) is 0 Å². The second kappa shape index (κ2) is 10.7. The van der Waals surface area contributed by atoms with Crippen molar-refractivity contribution in [3.63, 3.8) is 0 Å². The first-order chi connectivity index (χ1) is 11.0. The highest BCUT2D eigenvalue weighted by molar-refractivity contribution is 8.12. The van der Waals surface area contributed by atoms with Gasteiger partial charge in [0.25, 0.3) is 11.5 Å². The number of amides is 1. The molecule has 126 valence electrons. The summed E-state index contributed by atoms with van der Waals surface area (Å²) in [5.41, 5.74) is 0.974. The summed E-state index contributed by atoms with van der Waals surface area (Å²) in [5, 5.41) is 1.89. The first-order valence-electron chi connectivity index (χ1n) is 7.34. The predicted octanol–water partition coefficient (Wildman–Crippen LogP) is 2.86. The third-order valence-electron chi connectivity index (χ3n) is 2.70. The number of rotatable bonds is 8. The Balaban J connectivity index is 2.49. The number of hydrogen-bond donors (Lipinski definition) is 1. The van der Waals surface area contributed by atoms with Gasteiger partial charge in [-0.2, -0.15) is 0 Å². The molecule has 0 aliphatic heterocycles. The molecule has 1 rings (SSSR count). The van der Waals surface area contributed by atoms with Gasteiger partial charge in [-0.1, -0.05) is 55.4 Å². The fourth-order valence-electron chi connectivity index (χ4n) is 1.57. The molecule has 0 aromatic heterocycles. The number of hydrogen-bond acceptors (Lipinski definition) is 6. The highest BCUT2D eigenvalue weighted by atomic mass is 32.2. The van der Waals surface area contributed by atoms with Crippen molar-refractivity contribution in [2.45, 2.75) is 38.7 Å². The molecule has 0 radical (unpaired) electrons. The fraction of sp³-hybridized carbons (Fsp3) is 0.438. The molecule has 0 spiro atoms. The number of esters is 2. The molecule has 7 heteroatoms. The van der Waals surface area contributed by atoms with Crippen LogP contribution >= 0.6 is 11.8 Å². The Morgan fingerprint density at radius 3 is 2.52 bits per heavy atom. The van der Waals surface area contributed by atoms with E-state index in [9.17, 15) is 14.4 Å². The quantitative estimate of drug-likeness (QED) is 0.445. The van der Waals surface area contributed by atoms with E-state index >= 15 is 0 Å². The molecule has 1 atom stereocenters. The summed E-state index contributed by atoms with van der Waals surface area (Å²) >= 11 is 0.982. The van der Waals surface area contributed by atoms with Crippen molar-refractivity contribution < 1.29 is 23.9 Å². The number of thioether (sulfide) groups is 1. The van der Waals surface area contributed by atoms with Crippen molar-refractivity contribution in [2.75, 3.05) is 6.61 Å². The third kappa shape index (κ3) is 8.25. The molecule has 1 aromatic carbocycles. The molecule has 0 aliphatic carbocycles. The molecule has 23 heavy (non-hydrogen) atoms. The van der Waals surface area contributed by atoms with Gasteiger partial charge in [-0.3, -0.25) is 9.59 Å². The van der Waals surface area contributed by atoms with E-state index in [1.165, 1.54) is 0 Å². The van der Waals surface area contributed by atoms with Gasteiger partial charge in [0.2, 0.25) is 0 Å². The Hall–Kier alpha value is -2.02. The average molecular weight is 339 g/mol. The van der Waals surface area contributed by atoms with Crippen molar-refractivity contribution in [1.82, 2.24) is 5.32 Å². The van der Waals surface area contributed by atoms with Gasteiger partial charge < -0.3 is 14.8 Å². The Morgan fingerprint density at radius 2 is 1.91 bits per heavy atom. The van der Waals surface area contributed by atoms with Crippen LogP contribution in [0, 0.1) is 0 Å². The van der Waals surface area contributed by atoms with Gasteiger partial charge in [-0.25, -0.2) is 4.79 Å². The van der Waals surface area contributed by atoms with Crippen LogP contribution in [0.4, 0.5) is 4.79 Å². The van der Waals surface area contributed by atoms with Gasteiger partial charge in [0, 0.05) is 12.7 Å². The van der Waals surface area contributed by atoms with E-state index in [2.05, 4.69) is 5.32 Å². The molecule has 1 amide bonds. The van der Waals surface area contributed by atoms with Gasteiger partial charge >= 0.3 is 11.9 Å². The fourth-order valence-corrected chi connectivity index (χ4v) is 2.25. The van der Waals surface area contributed by atoms with Crippen molar-refractivity contribution in [3.8, 4) is 0 Å². The van der Waals surface area contributed by atoms with Crippen LogP contribution in [0.5, 0.6) is 0 Å². The Bertz CT molecular complexity index is 520. The molecule has 0 fully saturated rings. The molecule has 1 unspecified atom stereocenters. The Labute approximate surface area is 139 Å². The summed E-state index contributed by atoms with van der Waals surface area (Å²) in [5.74, 6) is -0.997. The van der Waals surface area contributed by atoms with Crippen molar-refractivity contribution in [1.29, 1.82) is 0 Å². The number of benzene rings is 1. The average Bonchev–Trinajstić information content (AvgIpc) is 2.53. The maximum atomic E-state index is 11.9. The highest BCUT2D eigenvalue weighted by Crippen LogP contribution is 2.13. The molecule has 1 N–H and O–H groups in total. The monoisotopic (exact) mass is 339 g/mol. The van der Waals surface area contributed by atoms with E-state index in [4.69, 9.17) is 9.47 Å². The van der Waals surface area contributed by atoms with Crippen LogP contribution in [-0.2, 0) is 24.8 Å². The van der Waals surface area contributed by atoms with Crippen LogP contribution in [0.15, 0.2) is 30.3 Å². The highest BCUT2D eigenvalue weighted by Gasteiger charge is 2.25. The molecular formula is C16H21NO5S. The summed E-state index contributed by atoms with van der Waals surface area (Å²) in [4.78, 5) is 34.8. The van der Waals surface area contributed by atoms with Crippen molar-refractivity contribution in [3.05, 3.63) is 35.9 Å². The number of ether oxygens (including phenoxy) is 2. The summed E-state index contributed by atoms with van der Waals surface area (Å²) in [7, 11) is 0. The van der Waals surface area contributed by atoms with Gasteiger partial charge in [-0.05, 0) is 12.0 Å². The van der Waals surface area contributed by atoms with Crippen LogP contribution in [0.1, 0.15) is 32.3 Å². The van der Waals surface area contributed by atoms with Gasteiger partial charge in [0.15, 0.2) is 0 Å². The van der Waals surface area contributed by atoms with E-state index < -0.39 is 23.4 Å². The zero-order chi connectivity index (χ0) is 17.1. The second-order valence-corrected chi connectivity index (χ2v) is 5.66. The lowest BCUT2D eigenvalue weighted by atomic mass is 10.2. The minimum atomic E-state index is -1.42. The summed E-state index contributed by atoms with van der Waals surface area (Å²) in [6.45, 7) is 3.34. The first-order valence-corrected chi connectivity index (χ1v) is 8.32. The molecule has 0 saturated carbocycles. The van der Waals surface area contributed by atoms with E-state index in [-0.39, 0.29) is 6.61 Å². The van der Waals surface area contributed by atoms with Crippen molar-refractivity contribution >= 4 is 28.9 Å². The number of carbonyl (C=O) groups excluding carboxylic acids is 3. The summed E-state index contributed by atoms with van der Waals surface area (Å²) in [6, 6.07) is 9.42. The zero-order valence-electron chi connectivity index (χ0n) is 13.2. The summed E-state index contributed by atoms with van der Waals surface area (Å²) in [6.07, 6.45) is 0.153. The van der Waals surface area contributed by atoms with E-state index in [0.29, 0.717) is 12.2 Å². The molecule has 6 nitrogen and oxygen atoms in total. The molecule has 1 aromatic rings. The third-order valence-corrected chi connectivity index (χ3v) is 3.56. The largest absolute Gasteiger partial charge is 0.462 e. The summed E-state index contributed by atoms with van der Waals surface area (Å²) < 4.78 is 9.78. The van der Waals surface area contributed by atoms with E-state index in [0.717, 1.165) is 30.7 Å². The zero-order valence-corrected chi connectivity index (χ0v) is 14.1. The van der Waals surface area contributed by atoms with Gasteiger partial charge in [0.05, 0.1) is 6.61 Å². The first kappa shape index (κ1) is 19.0. The SMILES string of the molecule is CCCCOC(=O)C(NC(=O)SCc1ccccc1)OC(C)=O. The van der Waals surface area contributed by atoms with E-state index in [1.807, 2.05) is 37.3 Å². The molecule has 0 bridgehead atoms. The Morgan fingerprint density at radius 1 is 1.22 bits per heavy atom. The minimum absolute atomic E-state index is 0.222. The van der Waals surface area contributed by atoms with Gasteiger partial charge in [-0.15, -0.1) is 0 Å². The maximum Gasteiger partial charge on any atom is 0.369 e. The van der Waals surface area contributed by atoms with Crippen LogP contribution < -0.4 is 5.32 Å². The molecule has 0 aliphatic rings. The number of nitrogens with one attached hydrogen (secondary N) is 1. The molecule has 0 heterocycles. The lowest BCUT2D eigenvalue weighted by Gasteiger charge is -2.16. The lowest BCUT2D eigenvalue weighted by molar-refractivity contribution is -0.168. The van der Waals surface area contributed by atoms with E-state index in [1.54, 1.807) is 0 Å². The number of carbonyl (C=O) groups is 3. The normalized spacial score (nSPS) is 11.4. The van der Waals surface area contributed by atoms with Crippen LogP contribution in [0.25, 0.3) is 0 Å². The second-order valence-electron chi connectivity index (χ2n) is 4.72. The van der Waals surface area contributed by atoms with Crippen LogP contribution in [0.3, 0.4) is 0 Å². The molecule has 0 saturated heterocycles. The Kier molecular flexibility index (Phi) is 8.82. The minimum Gasteiger partial charge on any atom is -0.462 e. The maximum absolute atomic E-state index is 11.9. The van der Waals surface area contributed by atoms with Crippen LogP contribution in [-0.4, -0.2) is 30.0 Å². The molecular weight excluding hydrogens is 318 g/mol. The lowest BCUT2D eigenvalue weighted by Crippen LogP contribution is -2.43. The van der Waals surface area contributed by atoms with Crippen molar-refractivity contribution in [2.24, 2.45) is 0 Å².